The van der Waals surface area contributed by atoms with Gasteiger partial charge in [0.25, 0.3) is 0 Å². The first-order valence-corrected chi connectivity index (χ1v) is 11.2. The number of fused-ring (bicyclic) bond motifs is 7. The Hall–Kier alpha value is -3.46. The Balaban J connectivity index is 1.75. The van der Waals surface area contributed by atoms with Crippen molar-refractivity contribution in [3.63, 3.8) is 0 Å². The van der Waals surface area contributed by atoms with Gasteiger partial charge in [0, 0.05) is 45.1 Å². The van der Waals surface area contributed by atoms with Crippen LogP contribution >= 0.6 is 0 Å². The zero-order valence-electron chi connectivity index (χ0n) is 19.5. The number of benzene rings is 2. The number of furan rings is 1. The van der Waals surface area contributed by atoms with Crippen LogP contribution in [0.25, 0.3) is 44.3 Å². The Morgan fingerprint density at radius 3 is 2.34 bits per heavy atom. The van der Waals surface area contributed by atoms with Crippen LogP contribution in [-0.4, -0.2) is 4.98 Å². The quantitative estimate of drug-likeness (QED) is 0.283. The van der Waals surface area contributed by atoms with Crippen LogP contribution in [0.1, 0.15) is 41.8 Å². The summed E-state index contributed by atoms with van der Waals surface area (Å²) < 4.78 is 9.01. The minimum absolute atomic E-state index is 0.141. The number of hydrogen-bond donors (Lipinski definition) is 0. The van der Waals surface area contributed by atoms with Gasteiger partial charge in [-0.25, -0.2) is 4.57 Å². The number of pyridine rings is 2. The fourth-order valence-electron chi connectivity index (χ4n) is 5.47. The molecule has 2 aromatic carbocycles. The molecule has 0 aliphatic heterocycles. The molecule has 0 unspecified atom stereocenters. The van der Waals surface area contributed by atoms with Gasteiger partial charge in [-0.2, -0.15) is 0 Å². The molecule has 158 valence electrons. The predicted molar refractivity (Wildman–Crippen MR) is 130 cm³/mol. The number of aryl methyl sites for hydroxylation is 4. The fraction of sp³-hybridized carbons (Fsp3) is 0.241. The largest absolute Gasteiger partial charge is 0.454 e. The van der Waals surface area contributed by atoms with Crippen LogP contribution in [-0.2, 0) is 12.5 Å². The molecular formula is C29H27N2O+. The van der Waals surface area contributed by atoms with Crippen molar-refractivity contribution in [3.8, 4) is 22.4 Å². The van der Waals surface area contributed by atoms with E-state index < -0.39 is 0 Å². The average molecular weight is 420 g/mol. The highest BCUT2D eigenvalue weighted by Crippen LogP contribution is 2.52. The standard InChI is InChI=1S/C29H27N2O/c1-16-9-10-19-20-11-12-22-25(21-8-7-13-30-28(21)29(22,4)5)27(20)32-26(19)24(16)23-14-17(2)18(3)15-31(23)6/h7-15H,1-6H3/q+1. The SMILES string of the molecule is Cc1cc(-c2c(C)ccc3c2oc2c4c(ccc23)C(C)(C)c2ncccc2-4)[n+](C)cc1C. The van der Waals surface area contributed by atoms with Gasteiger partial charge in [0.15, 0.2) is 6.20 Å². The van der Waals surface area contributed by atoms with Gasteiger partial charge >= 0.3 is 0 Å². The Kier molecular flexibility index (Phi) is 3.78. The average Bonchev–Trinajstić information content (AvgIpc) is 3.24. The zero-order chi connectivity index (χ0) is 22.4. The van der Waals surface area contributed by atoms with Crippen molar-refractivity contribution in [2.45, 2.75) is 40.0 Å². The van der Waals surface area contributed by atoms with Crippen LogP contribution in [0, 0.1) is 20.8 Å². The molecule has 0 saturated carbocycles. The summed E-state index contributed by atoms with van der Waals surface area (Å²) in [6, 6.07) is 15.4. The van der Waals surface area contributed by atoms with Crippen LogP contribution in [0.15, 0.2) is 59.3 Å². The van der Waals surface area contributed by atoms with Crippen molar-refractivity contribution in [3.05, 3.63) is 82.8 Å². The van der Waals surface area contributed by atoms with Gasteiger partial charge < -0.3 is 4.42 Å². The minimum Gasteiger partial charge on any atom is -0.454 e. The third-order valence-corrected chi connectivity index (χ3v) is 7.36. The van der Waals surface area contributed by atoms with Crippen molar-refractivity contribution in [1.82, 2.24) is 4.98 Å². The van der Waals surface area contributed by atoms with E-state index >= 15 is 0 Å². The lowest BCUT2D eigenvalue weighted by atomic mass is 9.85. The number of aromatic nitrogens is 2. The van der Waals surface area contributed by atoms with Gasteiger partial charge in [0.05, 0.1) is 11.3 Å². The fourth-order valence-corrected chi connectivity index (χ4v) is 5.47. The van der Waals surface area contributed by atoms with Crippen molar-refractivity contribution < 1.29 is 8.98 Å². The molecule has 0 N–H and O–H groups in total. The smallest absolute Gasteiger partial charge is 0.216 e. The van der Waals surface area contributed by atoms with Gasteiger partial charge in [0.2, 0.25) is 5.69 Å². The Morgan fingerprint density at radius 1 is 0.844 bits per heavy atom. The molecule has 32 heavy (non-hydrogen) atoms. The summed E-state index contributed by atoms with van der Waals surface area (Å²) in [5.74, 6) is 0. The van der Waals surface area contributed by atoms with E-state index in [4.69, 9.17) is 9.40 Å². The van der Waals surface area contributed by atoms with Gasteiger partial charge in [-0.05, 0) is 43.5 Å². The van der Waals surface area contributed by atoms with E-state index in [2.05, 4.69) is 88.8 Å². The highest BCUT2D eigenvalue weighted by molar-refractivity contribution is 6.14. The van der Waals surface area contributed by atoms with Gasteiger partial charge in [-0.1, -0.05) is 44.2 Å². The molecule has 6 rings (SSSR count). The van der Waals surface area contributed by atoms with Crippen LogP contribution in [0.2, 0.25) is 0 Å². The third-order valence-electron chi connectivity index (χ3n) is 7.36. The number of rotatable bonds is 1. The van der Waals surface area contributed by atoms with Crippen molar-refractivity contribution >= 4 is 21.9 Å². The number of hydrogen-bond acceptors (Lipinski definition) is 2. The molecule has 0 bridgehead atoms. The lowest BCUT2D eigenvalue weighted by Gasteiger charge is -2.19. The van der Waals surface area contributed by atoms with Crippen molar-refractivity contribution in [2.75, 3.05) is 0 Å². The lowest BCUT2D eigenvalue weighted by molar-refractivity contribution is -0.660. The van der Waals surface area contributed by atoms with Crippen molar-refractivity contribution in [2.24, 2.45) is 7.05 Å². The monoisotopic (exact) mass is 419 g/mol. The number of nitrogens with zero attached hydrogens (tertiary/aromatic N) is 2. The van der Waals surface area contributed by atoms with E-state index in [0.717, 1.165) is 22.2 Å². The molecule has 0 saturated heterocycles. The highest BCUT2D eigenvalue weighted by Gasteiger charge is 2.39. The van der Waals surface area contributed by atoms with Crippen molar-refractivity contribution in [1.29, 1.82) is 0 Å². The van der Waals surface area contributed by atoms with Crippen LogP contribution < -0.4 is 4.57 Å². The predicted octanol–water partition coefficient (Wildman–Crippen LogP) is 6.70. The summed E-state index contributed by atoms with van der Waals surface area (Å²) in [7, 11) is 2.12. The topological polar surface area (TPSA) is 29.9 Å². The zero-order valence-corrected chi connectivity index (χ0v) is 19.5. The third kappa shape index (κ3) is 2.37. The molecule has 0 atom stereocenters. The first kappa shape index (κ1) is 19.2. The van der Waals surface area contributed by atoms with Gasteiger partial charge in [0.1, 0.15) is 18.2 Å². The maximum absolute atomic E-state index is 6.80. The van der Waals surface area contributed by atoms with E-state index in [1.165, 1.54) is 50.0 Å². The van der Waals surface area contributed by atoms with Gasteiger partial charge in [-0.15, -0.1) is 0 Å². The minimum atomic E-state index is -0.141. The summed E-state index contributed by atoms with van der Waals surface area (Å²) in [4.78, 5) is 4.75. The highest BCUT2D eigenvalue weighted by atomic mass is 16.3. The molecule has 1 aliphatic rings. The van der Waals surface area contributed by atoms with E-state index in [9.17, 15) is 0 Å². The summed E-state index contributed by atoms with van der Waals surface area (Å²) >= 11 is 0. The Bertz CT molecular complexity index is 1590. The molecule has 0 fully saturated rings. The molecule has 3 nitrogen and oxygen atoms in total. The molecule has 3 heteroatoms. The first-order chi connectivity index (χ1) is 15.3. The normalized spacial score (nSPS) is 14.2. The van der Waals surface area contributed by atoms with Crippen LogP contribution in [0.4, 0.5) is 0 Å². The summed E-state index contributed by atoms with van der Waals surface area (Å²) in [5.41, 5.74) is 12.7. The maximum atomic E-state index is 6.80. The summed E-state index contributed by atoms with van der Waals surface area (Å²) in [6.07, 6.45) is 4.09. The second kappa shape index (κ2) is 6.29. The second-order valence-corrected chi connectivity index (χ2v) is 9.76. The Morgan fingerprint density at radius 2 is 1.56 bits per heavy atom. The van der Waals surface area contributed by atoms with E-state index in [1.807, 2.05) is 12.3 Å². The molecule has 3 heterocycles. The molecule has 1 aliphatic carbocycles. The van der Waals surface area contributed by atoms with Crippen LogP contribution in [0.5, 0.6) is 0 Å². The maximum Gasteiger partial charge on any atom is 0.216 e. The molecule has 5 aromatic rings. The lowest BCUT2D eigenvalue weighted by Crippen LogP contribution is -2.31. The summed E-state index contributed by atoms with van der Waals surface area (Å²) in [5, 5.41) is 2.33. The summed E-state index contributed by atoms with van der Waals surface area (Å²) in [6.45, 7) is 11.0. The molecule has 3 aromatic heterocycles. The first-order valence-electron chi connectivity index (χ1n) is 11.2. The second-order valence-electron chi connectivity index (χ2n) is 9.76. The van der Waals surface area contributed by atoms with Crippen LogP contribution in [0.3, 0.4) is 0 Å². The molecule has 0 amide bonds. The van der Waals surface area contributed by atoms with E-state index in [1.54, 1.807) is 0 Å². The van der Waals surface area contributed by atoms with Gasteiger partial charge in [-0.3, -0.25) is 4.98 Å². The molecule has 0 spiro atoms. The van der Waals surface area contributed by atoms with E-state index in [-0.39, 0.29) is 5.41 Å². The molecular weight excluding hydrogens is 392 g/mol. The molecule has 0 radical (unpaired) electrons. The Labute approximate surface area is 188 Å². The van der Waals surface area contributed by atoms with E-state index in [0.29, 0.717) is 0 Å².